The van der Waals surface area contributed by atoms with E-state index in [4.69, 9.17) is 10.8 Å². The minimum atomic E-state index is -1.08. The lowest BCUT2D eigenvalue weighted by atomic mass is 10.0. The summed E-state index contributed by atoms with van der Waals surface area (Å²) in [7, 11) is 0. The first-order valence-electron chi connectivity index (χ1n) is 7.16. The van der Waals surface area contributed by atoms with Crippen molar-refractivity contribution in [1.29, 1.82) is 0 Å². The van der Waals surface area contributed by atoms with Gasteiger partial charge in [0.1, 0.15) is 17.7 Å². The van der Waals surface area contributed by atoms with Crippen molar-refractivity contribution >= 4 is 11.9 Å². The number of carbonyl (C=O) groups excluding carboxylic acids is 1. The van der Waals surface area contributed by atoms with Crippen LogP contribution in [0.1, 0.15) is 21.5 Å². The van der Waals surface area contributed by atoms with Crippen molar-refractivity contribution in [2.45, 2.75) is 19.0 Å². The number of carboxylic acids is 1. The van der Waals surface area contributed by atoms with Gasteiger partial charge in [-0.3, -0.25) is 9.59 Å². The molecular weight excluding hydrogens is 318 g/mol. The van der Waals surface area contributed by atoms with Gasteiger partial charge < -0.3 is 16.2 Å². The number of nitrogens with two attached hydrogens (primary N) is 1. The van der Waals surface area contributed by atoms with Gasteiger partial charge in [-0.2, -0.15) is 0 Å². The summed E-state index contributed by atoms with van der Waals surface area (Å²) in [5.41, 5.74) is 6.72. The van der Waals surface area contributed by atoms with Crippen LogP contribution in [0, 0.1) is 11.6 Å². The molecule has 0 spiro atoms. The molecular formula is C17H16F2N2O3. The first kappa shape index (κ1) is 17.6. The number of rotatable bonds is 6. The van der Waals surface area contributed by atoms with Crippen LogP contribution in [0.5, 0.6) is 0 Å². The standard InChI is InChI=1S/C17H16F2N2O3/c18-12-5-6-13(14(19)8-12)16(22)21-9-11-3-1-10(2-4-11)7-15(20)17(23)24/h1-6,8,15H,7,9,20H2,(H,21,22)(H,23,24). The zero-order chi connectivity index (χ0) is 17.7. The van der Waals surface area contributed by atoms with Gasteiger partial charge in [0.15, 0.2) is 0 Å². The predicted molar refractivity (Wildman–Crippen MR) is 83.3 cm³/mol. The highest BCUT2D eigenvalue weighted by molar-refractivity contribution is 5.94. The molecule has 0 aliphatic carbocycles. The Hall–Kier alpha value is -2.80. The van der Waals surface area contributed by atoms with Gasteiger partial charge in [0, 0.05) is 12.6 Å². The summed E-state index contributed by atoms with van der Waals surface area (Å²) < 4.78 is 26.3. The monoisotopic (exact) mass is 334 g/mol. The van der Waals surface area contributed by atoms with Crippen molar-refractivity contribution in [3.63, 3.8) is 0 Å². The normalized spacial score (nSPS) is 11.8. The Kier molecular flexibility index (Phi) is 5.59. The van der Waals surface area contributed by atoms with E-state index in [1.165, 1.54) is 0 Å². The summed E-state index contributed by atoms with van der Waals surface area (Å²) in [4.78, 5) is 22.6. The third kappa shape index (κ3) is 4.60. The molecule has 0 saturated carbocycles. The van der Waals surface area contributed by atoms with E-state index in [0.717, 1.165) is 23.3 Å². The Morgan fingerprint density at radius 2 is 1.71 bits per heavy atom. The molecule has 1 atom stereocenters. The molecule has 0 aliphatic rings. The van der Waals surface area contributed by atoms with E-state index in [0.29, 0.717) is 6.07 Å². The fraction of sp³-hybridized carbons (Fsp3) is 0.176. The summed E-state index contributed by atoms with van der Waals surface area (Å²) >= 11 is 0. The van der Waals surface area contributed by atoms with E-state index in [1.807, 2.05) is 0 Å². The molecule has 2 aromatic rings. The van der Waals surface area contributed by atoms with E-state index < -0.39 is 29.6 Å². The summed E-state index contributed by atoms with van der Waals surface area (Å²) in [6, 6.07) is 8.61. The number of carbonyl (C=O) groups is 2. The van der Waals surface area contributed by atoms with E-state index in [2.05, 4.69) is 5.32 Å². The lowest BCUT2D eigenvalue weighted by molar-refractivity contribution is -0.138. The molecule has 0 bridgehead atoms. The van der Waals surface area contributed by atoms with Crippen LogP contribution in [0.2, 0.25) is 0 Å². The van der Waals surface area contributed by atoms with Gasteiger partial charge in [-0.1, -0.05) is 24.3 Å². The van der Waals surface area contributed by atoms with Crippen molar-refractivity contribution in [3.8, 4) is 0 Å². The number of carboxylic acid groups (broad SMARTS) is 1. The molecule has 24 heavy (non-hydrogen) atoms. The zero-order valence-electron chi connectivity index (χ0n) is 12.6. The minimum Gasteiger partial charge on any atom is -0.480 e. The summed E-state index contributed by atoms with van der Waals surface area (Å²) in [6.07, 6.45) is 0.197. The molecule has 0 fully saturated rings. The molecule has 7 heteroatoms. The number of halogens is 2. The van der Waals surface area contributed by atoms with Crippen LogP contribution in [-0.2, 0) is 17.8 Å². The van der Waals surface area contributed by atoms with Gasteiger partial charge in [0.05, 0.1) is 5.56 Å². The maximum atomic E-state index is 13.5. The molecule has 0 saturated heterocycles. The van der Waals surface area contributed by atoms with Gasteiger partial charge in [-0.25, -0.2) is 8.78 Å². The fourth-order valence-electron chi connectivity index (χ4n) is 2.09. The molecule has 0 aromatic heterocycles. The number of nitrogens with one attached hydrogen (secondary N) is 1. The molecule has 4 N–H and O–H groups in total. The van der Waals surface area contributed by atoms with E-state index in [-0.39, 0.29) is 18.5 Å². The second kappa shape index (κ2) is 7.65. The van der Waals surface area contributed by atoms with Crippen LogP contribution in [-0.4, -0.2) is 23.0 Å². The fourth-order valence-corrected chi connectivity index (χ4v) is 2.09. The minimum absolute atomic E-state index is 0.154. The van der Waals surface area contributed by atoms with E-state index in [9.17, 15) is 18.4 Å². The molecule has 126 valence electrons. The molecule has 0 heterocycles. The zero-order valence-corrected chi connectivity index (χ0v) is 12.6. The van der Waals surface area contributed by atoms with Crippen LogP contribution in [0.25, 0.3) is 0 Å². The Labute approximate surface area is 137 Å². The largest absolute Gasteiger partial charge is 0.480 e. The topological polar surface area (TPSA) is 92.4 Å². The highest BCUT2D eigenvalue weighted by Crippen LogP contribution is 2.10. The lowest BCUT2D eigenvalue weighted by Crippen LogP contribution is -2.32. The third-order valence-corrected chi connectivity index (χ3v) is 3.42. The van der Waals surface area contributed by atoms with Crippen molar-refractivity contribution in [2.24, 2.45) is 5.73 Å². The predicted octanol–water partition coefficient (Wildman–Crippen LogP) is 1.85. The van der Waals surface area contributed by atoms with Gasteiger partial charge in [-0.05, 0) is 29.7 Å². The smallest absolute Gasteiger partial charge is 0.320 e. The summed E-state index contributed by atoms with van der Waals surface area (Å²) in [6.45, 7) is 0.154. The molecule has 2 rings (SSSR count). The number of aliphatic carboxylic acids is 1. The molecule has 0 radical (unpaired) electrons. The van der Waals surface area contributed by atoms with Crippen molar-refractivity contribution in [1.82, 2.24) is 5.32 Å². The summed E-state index contributed by atoms with van der Waals surface area (Å²) in [5.74, 6) is -3.40. The lowest BCUT2D eigenvalue weighted by Gasteiger charge is -2.09. The van der Waals surface area contributed by atoms with Crippen molar-refractivity contribution in [2.75, 3.05) is 0 Å². The quantitative estimate of drug-likeness (QED) is 0.752. The molecule has 1 amide bonds. The molecule has 2 aromatic carbocycles. The first-order valence-corrected chi connectivity index (χ1v) is 7.16. The van der Waals surface area contributed by atoms with Gasteiger partial charge >= 0.3 is 5.97 Å². The average molecular weight is 334 g/mol. The second-order valence-corrected chi connectivity index (χ2v) is 5.27. The Balaban J connectivity index is 1.94. The number of hydrogen-bond donors (Lipinski definition) is 3. The van der Waals surface area contributed by atoms with Gasteiger partial charge in [-0.15, -0.1) is 0 Å². The van der Waals surface area contributed by atoms with Crippen LogP contribution >= 0.6 is 0 Å². The molecule has 1 unspecified atom stereocenters. The van der Waals surface area contributed by atoms with Crippen LogP contribution < -0.4 is 11.1 Å². The average Bonchev–Trinajstić information content (AvgIpc) is 2.53. The second-order valence-electron chi connectivity index (χ2n) is 5.27. The highest BCUT2D eigenvalue weighted by Gasteiger charge is 2.13. The Bertz CT molecular complexity index is 748. The first-order chi connectivity index (χ1) is 11.4. The van der Waals surface area contributed by atoms with Crippen molar-refractivity contribution < 1.29 is 23.5 Å². The van der Waals surface area contributed by atoms with Gasteiger partial charge in [0.25, 0.3) is 5.91 Å². The van der Waals surface area contributed by atoms with Crippen LogP contribution in [0.15, 0.2) is 42.5 Å². The Morgan fingerprint density at radius 1 is 1.08 bits per heavy atom. The van der Waals surface area contributed by atoms with E-state index >= 15 is 0 Å². The maximum absolute atomic E-state index is 13.5. The van der Waals surface area contributed by atoms with Crippen molar-refractivity contribution in [3.05, 3.63) is 70.8 Å². The third-order valence-electron chi connectivity index (χ3n) is 3.42. The van der Waals surface area contributed by atoms with E-state index in [1.54, 1.807) is 24.3 Å². The number of benzene rings is 2. The SMILES string of the molecule is NC(Cc1ccc(CNC(=O)c2ccc(F)cc2F)cc1)C(=O)O. The highest BCUT2D eigenvalue weighted by atomic mass is 19.1. The maximum Gasteiger partial charge on any atom is 0.320 e. The number of amides is 1. The van der Waals surface area contributed by atoms with Crippen LogP contribution in [0.4, 0.5) is 8.78 Å². The van der Waals surface area contributed by atoms with Crippen LogP contribution in [0.3, 0.4) is 0 Å². The summed E-state index contributed by atoms with van der Waals surface area (Å²) in [5, 5.41) is 11.3. The number of hydrogen-bond acceptors (Lipinski definition) is 3. The molecule has 0 aliphatic heterocycles. The molecule has 5 nitrogen and oxygen atoms in total. The Morgan fingerprint density at radius 3 is 2.29 bits per heavy atom. The van der Waals surface area contributed by atoms with Gasteiger partial charge in [0.2, 0.25) is 0 Å².